The molecule has 0 unspecified atom stereocenters. The van der Waals surface area contributed by atoms with Gasteiger partial charge < -0.3 is 10.1 Å². The van der Waals surface area contributed by atoms with Crippen molar-refractivity contribution in [3.63, 3.8) is 0 Å². The van der Waals surface area contributed by atoms with Crippen LogP contribution in [-0.4, -0.2) is 24.1 Å². The molecule has 0 radical (unpaired) electrons. The largest absolute Gasteiger partial charge is 0.497 e. The van der Waals surface area contributed by atoms with Gasteiger partial charge in [0.2, 0.25) is 0 Å². The number of hydrogen-bond donors (Lipinski definition) is 1. The molecule has 3 aromatic rings. The van der Waals surface area contributed by atoms with Crippen molar-refractivity contribution in [3.8, 4) is 11.4 Å². The van der Waals surface area contributed by atoms with Gasteiger partial charge in [-0.3, -0.25) is 14.2 Å². The van der Waals surface area contributed by atoms with Gasteiger partial charge in [0.15, 0.2) is 0 Å². The maximum absolute atomic E-state index is 12.9. The third-order valence-electron chi connectivity index (χ3n) is 4.34. The first-order valence-corrected chi connectivity index (χ1v) is 8.72. The standard InChI is InChI=1S/C21H22N2O3/c1-3-4-13-22-20(24)19-14-23(15-9-11-16(26-2)12-10-15)21(25)18-8-6-5-7-17(18)19/h5-12,14H,3-4,13H2,1-2H3,(H,22,24). The number of nitrogens with one attached hydrogen (secondary N) is 1. The summed E-state index contributed by atoms with van der Waals surface area (Å²) in [5.74, 6) is 0.539. The third-order valence-corrected chi connectivity index (χ3v) is 4.34. The molecule has 2 aromatic carbocycles. The average molecular weight is 350 g/mol. The number of rotatable bonds is 6. The van der Waals surface area contributed by atoms with Gasteiger partial charge in [-0.05, 0) is 36.8 Å². The van der Waals surface area contributed by atoms with Gasteiger partial charge >= 0.3 is 0 Å². The van der Waals surface area contributed by atoms with Gasteiger partial charge in [-0.1, -0.05) is 31.5 Å². The quantitative estimate of drug-likeness (QED) is 0.692. The van der Waals surface area contributed by atoms with E-state index in [-0.39, 0.29) is 11.5 Å². The third kappa shape index (κ3) is 3.47. The molecule has 1 heterocycles. The van der Waals surface area contributed by atoms with E-state index in [0.717, 1.165) is 12.8 Å². The molecule has 0 saturated carbocycles. The topological polar surface area (TPSA) is 60.3 Å². The smallest absolute Gasteiger partial charge is 0.262 e. The van der Waals surface area contributed by atoms with Crippen LogP contribution in [-0.2, 0) is 0 Å². The molecule has 0 fully saturated rings. The fraction of sp³-hybridized carbons (Fsp3) is 0.238. The van der Waals surface area contributed by atoms with E-state index in [1.54, 1.807) is 49.7 Å². The minimum atomic E-state index is -0.170. The van der Waals surface area contributed by atoms with Crippen LogP contribution < -0.4 is 15.6 Å². The van der Waals surface area contributed by atoms with E-state index in [4.69, 9.17) is 4.74 Å². The molecule has 0 spiro atoms. The Balaban J connectivity index is 2.13. The lowest BCUT2D eigenvalue weighted by atomic mass is 10.1. The highest BCUT2D eigenvalue weighted by molar-refractivity contribution is 6.06. The van der Waals surface area contributed by atoms with Crippen molar-refractivity contribution in [2.45, 2.75) is 19.8 Å². The van der Waals surface area contributed by atoms with E-state index in [0.29, 0.717) is 34.3 Å². The summed E-state index contributed by atoms with van der Waals surface area (Å²) in [6.45, 7) is 2.69. The first-order valence-electron chi connectivity index (χ1n) is 8.72. The second kappa shape index (κ2) is 7.87. The van der Waals surface area contributed by atoms with Crippen LogP contribution in [0.25, 0.3) is 16.5 Å². The first kappa shape index (κ1) is 17.7. The second-order valence-corrected chi connectivity index (χ2v) is 6.07. The Morgan fingerprint density at radius 2 is 1.77 bits per heavy atom. The van der Waals surface area contributed by atoms with E-state index in [2.05, 4.69) is 12.2 Å². The number of unbranched alkanes of at least 4 members (excludes halogenated alkanes) is 1. The summed E-state index contributed by atoms with van der Waals surface area (Å²) in [6, 6.07) is 14.4. The van der Waals surface area contributed by atoms with Gasteiger partial charge in [-0.15, -0.1) is 0 Å². The molecule has 0 saturated heterocycles. The Morgan fingerprint density at radius 3 is 2.42 bits per heavy atom. The van der Waals surface area contributed by atoms with Gasteiger partial charge in [-0.2, -0.15) is 0 Å². The van der Waals surface area contributed by atoms with Crippen LogP contribution in [0.5, 0.6) is 5.75 Å². The SMILES string of the molecule is CCCCNC(=O)c1cn(-c2ccc(OC)cc2)c(=O)c2ccccc12. The Bertz CT molecular complexity index is 975. The van der Waals surface area contributed by atoms with Gasteiger partial charge in [0.05, 0.1) is 12.7 Å². The normalized spacial score (nSPS) is 10.7. The van der Waals surface area contributed by atoms with Gasteiger partial charge in [0, 0.05) is 29.2 Å². The van der Waals surface area contributed by atoms with Crippen molar-refractivity contribution in [1.82, 2.24) is 9.88 Å². The molecule has 3 rings (SSSR count). The second-order valence-electron chi connectivity index (χ2n) is 6.07. The van der Waals surface area contributed by atoms with Gasteiger partial charge in [0.25, 0.3) is 11.5 Å². The van der Waals surface area contributed by atoms with E-state index in [1.165, 1.54) is 4.57 Å². The lowest BCUT2D eigenvalue weighted by Crippen LogP contribution is -2.27. The predicted octanol–water partition coefficient (Wildman–Crippen LogP) is 3.53. The van der Waals surface area contributed by atoms with Crippen molar-refractivity contribution in [1.29, 1.82) is 0 Å². The number of amides is 1. The van der Waals surface area contributed by atoms with Crippen molar-refractivity contribution < 1.29 is 9.53 Å². The molecule has 0 bridgehead atoms. The van der Waals surface area contributed by atoms with Crippen LogP contribution in [0.4, 0.5) is 0 Å². The molecule has 5 heteroatoms. The lowest BCUT2D eigenvalue weighted by Gasteiger charge is -2.13. The maximum Gasteiger partial charge on any atom is 0.262 e. The Kier molecular flexibility index (Phi) is 5.37. The van der Waals surface area contributed by atoms with Crippen LogP contribution in [0.1, 0.15) is 30.1 Å². The van der Waals surface area contributed by atoms with E-state index >= 15 is 0 Å². The predicted molar refractivity (Wildman–Crippen MR) is 103 cm³/mol. The van der Waals surface area contributed by atoms with E-state index in [9.17, 15) is 9.59 Å². The van der Waals surface area contributed by atoms with Crippen molar-refractivity contribution in [2.24, 2.45) is 0 Å². The first-order chi connectivity index (χ1) is 12.7. The van der Waals surface area contributed by atoms with Crippen LogP contribution in [0.15, 0.2) is 59.5 Å². The summed E-state index contributed by atoms with van der Waals surface area (Å²) < 4.78 is 6.68. The minimum Gasteiger partial charge on any atom is -0.497 e. The minimum absolute atomic E-state index is 0.157. The lowest BCUT2D eigenvalue weighted by molar-refractivity contribution is 0.0954. The summed E-state index contributed by atoms with van der Waals surface area (Å²) in [7, 11) is 1.59. The van der Waals surface area contributed by atoms with Gasteiger partial charge in [0.1, 0.15) is 5.75 Å². The molecule has 1 aromatic heterocycles. The molecular formula is C21H22N2O3. The number of carbonyl (C=O) groups excluding carboxylic acids is 1. The number of ether oxygens (including phenoxy) is 1. The molecule has 0 aliphatic heterocycles. The van der Waals surface area contributed by atoms with Crippen LogP contribution >= 0.6 is 0 Å². The molecule has 0 aliphatic carbocycles. The molecule has 134 valence electrons. The molecule has 1 amide bonds. The zero-order chi connectivity index (χ0) is 18.5. The highest BCUT2D eigenvalue weighted by atomic mass is 16.5. The van der Waals surface area contributed by atoms with Crippen molar-refractivity contribution in [2.75, 3.05) is 13.7 Å². The fourth-order valence-electron chi connectivity index (χ4n) is 2.88. The van der Waals surface area contributed by atoms with E-state index in [1.807, 2.05) is 12.1 Å². The number of aromatic nitrogens is 1. The van der Waals surface area contributed by atoms with Crippen LogP contribution in [0.3, 0.4) is 0 Å². The van der Waals surface area contributed by atoms with Gasteiger partial charge in [-0.25, -0.2) is 0 Å². The van der Waals surface area contributed by atoms with E-state index < -0.39 is 0 Å². The number of pyridine rings is 1. The average Bonchev–Trinajstić information content (AvgIpc) is 2.69. The fourth-order valence-corrected chi connectivity index (χ4v) is 2.88. The Hall–Kier alpha value is -3.08. The zero-order valence-corrected chi connectivity index (χ0v) is 15.0. The number of hydrogen-bond acceptors (Lipinski definition) is 3. The highest BCUT2D eigenvalue weighted by Crippen LogP contribution is 2.19. The summed E-state index contributed by atoms with van der Waals surface area (Å²) in [6.07, 6.45) is 3.54. The summed E-state index contributed by atoms with van der Waals surface area (Å²) >= 11 is 0. The molecule has 1 N–H and O–H groups in total. The maximum atomic E-state index is 12.9. The molecule has 0 aliphatic rings. The number of carbonyl (C=O) groups is 1. The summed E-state index contributed by atoms with van der Waals surface area (Å²) in [5, 5.41) is 4.12. The molecule has 0 atom stereocenters. The number of methoxy groups -OCH3 is 1. The molecular weight excluding hydrogens is 328 g/mol. The summed E-state index contributed by atoms with van der Waals surface area (Å²) in [5.41, 5.74) is 1.02. The number of benzene rings is 2. The monoisotopic (exact) mass is 350 g/mol. The van der Waals surface area contributed by atoms with Crippen molar-refractivity contribution >= 4 is 16.7 Å². The molecule has 5 nitrogen and oxygen atoms in total. The molecule has 26 heavy (non-hydrogen) atoms. The summed E-state index contributed by atoms with van der Waals surface area (Å²) in [4.78, 5) is 25.6. The Labute approximate surface area is 152 Å². The Morgan fingerprint density at radius 1 is 1.08 bits per heavy atom. The number of fused-ring (bicyclic) bond motifs is 1. The van der Waals surface area contributed by atoms with Crippen LogP contribution in [0, 0.1) is 0 Å². The zero-order valence-electron chi connectivity index (χ0n) is 15.0. The van der Waals surface area contributed by atoms with Crippen LogP contribution in [0.2, 0.25) is 0 Å². The highest BCUT2D eigenvalue weighted by Gasteiger charge is 2.15. The van der Waals surface area contributed by atoms with Crippen molar-refractivity contribution in [3.05, 3.63) is 70.6 Å². The number of nitrogens with zero attached hydrogens (tertiary/aromatic N) is 1.